The monoisotopic (exact) mass is 250 g/mol. The molecule has 0 amide bonds. The van der Waals surface area contributed by atoms with E-state index in [4.69, 9.17) is 27.8 Å². The largest absolute Gasteiger partial charge is 0.497 e. The summed E-state index contributed by atoms with van der Waals surface area (Å²) < 4.78 is 5.06. The van der Waals surface area contributed by atoms with Crippen molar-refractivity contribution in [2.75, 3.05) is 18.6 Å². The summed E-state index contributed by atoms with van der Waals surface area (Å²) in [5, 5.41) is 0.156. The van der Waals surface area contributed by atoms with Crippen LogP contribution in [-0.4, -0.2) is 17.1 Å². The molecule has 1 aromatic carbocycles. The van der Waals surface area contributed by atoms with E-state index in [9.17, 15) is 0 Å². The molecule has 17 heavy (non-hydrogen) atoms. The van der Waals surface area contributed by atoms with Crippen LogP contribution in [0.5, 0.6) is 5.75 Å². The number of hydrogen-bond donors (Lipinski definition) is 2. The van der Waals surface area contributed by atoms with Crippen LogP contribution < -0.4 is 16.2 Å². The summed E-state index contributed by atoms with van der Waals surface area (Å²) in [6.07, 6.45) is 0. The normalized spacial score (nSPS) is 10.2. The maximum atomic E-state index is 5.85. The minimum Gasteiger partial charge on any atom is -0.497 e. The molecule has 0 radical (unpaired) electrons. The zero-order chi connectivity index (χ0) is 12.4. The highest BCUT2D eigenvalue weighted by Gasteiger charge is 2.09. The number of nitrogen functional groups attached to an aromatic ring is 2. The van der Waals surface area contributed by atoms with E-state index in [1.54, 1.807) is 19.2 Å². The molecule has 0 unspecified atom stereocenters. The molecule has 2 rings (SSSR count). The lowest BCUT2D eigenvalue weighted by Gasteiger charge is -2.06. The lowest BCUT2D eigenvalue weighted by molar-refractivity contribution is 0.415. The van der Waals surface area contributed by atoms with Gasteiger partial charge in [-0.3, -0.25) is 0 Å². The van der Waals surface area contributed by atoms with E-state index >= 15 is 0 Å². The SMILES string of the molecule is COc1ccc(-c2nc(N)c(N)c(Cl)n2)cc1. The Balaban J connectivity index is 2.45. The summed E-state index contributed by atoms with van der Waals surface area (Å²) in [5.74, 6) is 1.36. The van der Waals surface area contributed by atoms with E-state index in [-0.39, 0.29) is 16.7 Å². The Morgan fingerprint density at radius 3 is 2.29 bits per heavy atom. The van der Waals surface area contributed by atoms with Crippen LogP contribution in [-0.2, 0) is 0 Å². The molecule has 0 bridgehead atoms. The van der Waals surface area contributed by atoms with Crippen LogP contribution in [0.25, 0.3) is 11.4 Å². The third-order valence-corrected chi connectivity index (χ3v) is 2.56. The second-order valence-corrected chi connectivity index (χ2v) is 3.72. The van der Waals surface area contributed by atoms with Gasteiger partial charge in [0.05, 0.1) is 7.11 Å². The van der Waals surface area contributed by atoms with Gasteiger partial charge in [0, 0.05) is 5.56 Å². The van der Waals surface area contributed by atoms with Crippen molar-refractivity contribution in [1.82, 2.24) is 9.97 Å². The molecule has 0 saturated heterocycles. The number of ether oxygens (including phenoxy) is 1. The molecule has 5 nitrogen and oxygen atoms in total. The number of anilines is 2. The zero-order valence-corrected chi connectivity index (χ0v) is 9.90. The van der Waals surface area contributed by atoms with Gasteiger partial charge in [-0.25, -0.2) is 9.97 Å². The van der Waals surface area contributed by atoms with Gasteiger partial charge in [0.25, 0.3) is 0 Å². The van der Waals surface area contributed by atoms with E-state index < -0.39 is 0 Å². The number of nitrogens with two attached hydrogens (primary N) is 2. The van der Waals surface area contributed by atoms with E-state index in [0.29, 0.717) is 5.82 Å². The molecular formula is C11H11ClN4O. The smallest absolute Gasteiger partial charge is 0.163 e. The number of hydrogen-bond acceptors (Lipinski definition) is 5. The Labute approximate surface area is 103 Å². The number of methoxy groups -OCH3 is 1. The lowest BCUT2D eigenvalue weighted by Crippen LogP contribution is -2.02. The van der Waals surface area contributed by atoms with E-state index in [1.807, 2.05) is 12.1 Å². The first-order valence-electron chi connectivity index (χ1n) is 4.84. The first-order valence-corrected chi connectivity index (χ1v) is 5.22. The summed E-state index contributed by atoms with van der Waals surface area (Å²) in [4.78, 5) is 8.14. The first-order chi connectivity index (χ1) is 8.11. The second kappa shape index (κ2) is 4.47. The Kier molecular flexibility index (Phi) is 3.01. The Morgan fingerprint density at radius 2 is 1.76 bits per heavy atom. The van der Waals surface area contributed by atoms with Crippen molar-refractivity contribution in [3.8, 4) is 17.1 Å². The van der Waals surface area contributed by atoms with Crippen molar-refractivity contribution in [3.05, 3.63) is 29.4 Å². The quantitative estimate of drug-likeness (QED) is 0.796. The van der Waals surface area contributed by atoms with Gasteiger partial charge in [-0.15, -0.1) is 0 Å². The van der Waals surface area contributed by atoms with Crippen LogP contribution in [0.1, 0.15) is 0 Å². The summed E-state index contributed by atoms with van der Waals surface area (Å²) in [7, 11) is 1.60. The maximum Gasteiger partial charge on any atom is 0.163 e. The Morgan fingerprint density at radius 1 is 1.12 bits per heavy atom. The first kappa shape index (κ1) is 11.5. The molecular weight excluding hydrogens is 240 g/mol. The summed E-state index contributed by atoms with van der Waals surface area (Å²) in [5.41, 5.74) is 12.2. The topological polar surface area (TPSA) is 87.0 Å². The minimum atomic E-state index is 0.156. The molecule has 0 spiro atoms. The van der Waals surface area contributed by atoms with Gasteiger partial charge in [-0.05, 0) is 24.3 Å². The standard InChI is InChI=1S/C11H11ClN4O/c1-17-7-4-2-6(3-5-7)11-15-9(12)8(13)10(14)16-11/h2-5H,13H2,1H3,(H2,14,15,16). The van der Waals surface area contributed by atoms with Crippen molar-refractivity contribution in [2.24, 2.45) is 0 Å². The molecule has 6 heteroatoms. The van der Waals surface area contributed by atoms with Gasteiger partial charge in [0.2, 0.25) is 0 Å². The van der Waals surface area contributed by atoms with Gasteiger partial charge in [-0.1, -0.05) is 11.6 Å². The summed E-state index contributed by atoms with van der Waals surface area (Å²) >= 11 is 5.85. The average molecular weight is 251 g/mol. The Hall–Kier alpha value is -2.01. The predicted octanol–water partition coefficient (Wildman–Crippen LogP) is 1.97. The molecule has 1 heterocycles. The zero-order valence-electron chi connectivity index (χ0n) is 9.14. The highest BCUT2D eigenvalue weighted by Crippen LogP contribution is 2.26. The van der Waals surface area contributed by atoms with Gasteiger partial charge in [-0.2, -0.15) is 0 Å². The molecule has 4 N–H and O–H groups in total. The summed E-state index contributed by atoms with van der Waals surface area (Å²) in [6.45, 7) is 0. The number of rotatable bonds is 2. The van der Waals surface area contributed by atoms with E-state index in [2.05, 4.69) is 9.97 Å². The lowest BCUT2D eigenvalue weighted by atomic mass is 10.2. The van der Waals surface area contributed by atoms with Gasteiger partial charge < -0.3 is 16.2 Å². The highest BCUT2D eigenvalue weighted by atomic mass is 35.5. The van der Waals surface area contributed by atoms with Crippen molar-refractivity contribution < 1.29 is 4.74 Å². The van der Waals surface area contributed by atoms with Crippen LogP contribution in [0.3, 0.4) is 0 Å². The highest BCUT2D eigenvalue weighted by molar-refractivity contribution is 6.32. The average Bonchev–Trinajstić information content (AvgIpc) is 2.35. The van der Waals surface area contributed by atoms with Gasteiger partial charge in [0.15, 0.2) is 16.8 Å². The van der Waals surface area contributed by atoms with Crippen LogP contribution in [0, 0.1) is 0 Å². The number of nitrogens with zero attached hydrogens (tertiary/aromatic N) is 2. The molecule has 1 aromatic heterocycles. The van der Waals surface area contributed by atoms with Crippen LogP contribution in [0.15, 0.2) is 24.3 Å². The number of benzene rings is 1. The summed E-state index contributed by atoms with van der Waals surface area (Å²) in [6, 6.07) is 7.25. The molecule has 0 fully saturated rings. The van der Waals surface area contributed by atoms with Crippen LogP contribution in [0.4, 0.5) is 11.5 Å². The fraction of sp³-hybridized carbons (Fsp3) is 0.0909. The molecule has 0 atom stereocenters. The molecule has 0 aliphatic carbocycles. The molecule has 0 aliphatic heterocycles. The van der Waals surface area contributed by atoms with Crippen molar-refractivity contribution in [3.63, 3.8) is 0 Å². The molecule has 88 valence electrons. The van der Waals surface area contributed by atoms with Gasteiger partial charge >= 0.3 is 0 Å². The second-order valence-electron chi connectivity index (χ2n) is 3.37. The minimum absolute atomic E-state index is 0.156. The predicted molar refractivity (Wildman–Crippen MR) is 67.9 cm³/mol. The van der Waals surface area contributed by atoms with Crippen molar-refractivity contribution in [1.29, 1.82) is 0 Å². The van der Waals surface area contributed by atoms with E-state index in [0.717, 1.165) is 11.3 Å². The van der Waals surface area contributed by atoms with E-state index in [1.165, 1.54) is 0 Å². The van der Waals surface area contributed by atoms with Crippen LogP contribution >= 0.6 is 11.6 Å². The van der Waals surface area contributed by atoms with Crippen molar-refractivity contribution >= 4 is 23.1 Å². The maximum absolute atomic E-state index is 5.85. The molecule has 2 aromatic rings. The fourth-order valence-corrected chi connectivity index (χ4v) is 1.50. The number of halogens is 1. The third kappa shape index (κ3) is 2.24. The Bertz CT molecular complexity index is 519. The van der Waals surface area contributed by atoms with Gasteiger partial charge in [0.1, 0.15) is 11.4 Å². The molecule has 0 saturated carbocycles. The van der Waals surface area contributed by atoms with Crippen LogP contribution in [0.2, 0.25) is 5.15 Å². The fourth-order valence-electron chi connectivity index (χ4n) is 1.33. The number of aromatic nitrogens is 2. The van der Waals surface area contributed by atoms with Crippen molar-refractivity contribution in [2.45, 2.75) is 0 Å². The molecule has 0 aliphatic rings. The third-order valence-electron chi connectivity index (χ3n) is 2.28.